The Kier molecular flexibility index (Phi) is 3.32. The lowest BCUT2D eigenvalue weighted by atomic mass is 10.0. The Bertz CT molecular complexity index is 589. The van der Waals surface area contributed by atoms with Crippen molar-refractivity contribution in [3.05, 3.63) is 36.0 Å². The summed E-state index contributed by atoms with van der Waals surface area (Å²) in [7, 11) is 0. The highest BCUT2D eigenvalue weighted by Gasteiger charge is 2.22. The van der Waals surface area contributed by atoms with Gasteiger partial charge >= 0.3 is 6.09 Å². The predicted molar refractivity (Wildman–Crippen MR) is 67.9 cm³/mol. The smallest absolute Gasteiger partial charge is 0.405 e. The predicted octanol–water partition coefficient (Wildman–Crippen LogP) is 2.40. The zero-order valence-electron chi connectivity index (χ0n) is 9.93. The van der Waals surface area contributed by atoms with Crippen molar-refractivity contribution in [2.45, 2.75) is 19.4 Å². The summed E-state index contributed by atoms with van der Waals surface area (Å²) in [5.74, 6) is -0.211. The second kappa shape index (κ2) is 4.91. The van der Waals surface area contributed by atoms with E-state index in [1.807, 2.05) is 24.3 Å². The Labute approximate surface area is 104 Å². The number of nitrogens with one attached hydrogen (secondary N) is 2. The van der Waals surface area contributed by atoms with Gasteiger partial charge in [-0.2, -0.15) is 0 Å². The number of hydrogen-bond donors (Lipinski definition) is 3. The number of aromatic nitrogens is 1. The first-order valence-corrected chi connectivity index (χ1v) is 5.73. The van der Waals surface area contributed by atoms with Gasteiger partial charge in [0.1, 0.15) is 0 Å². The minimum absolute atomic E-state index is 0.211. The summed E-state index contributed by atoms with van der Waals surface area (Å²) in [4.78, 5) is 25.9. The fourth-order valence-corrected chi connectivity index (χ4v) is 1.97. The normalized spacial score (nSPS) is 12.3. The first kappa shape index (κ1) is 12.2. The largest absolute Gasteiger partial charge is 0.465 e. The van der Waals surface area contributed by atoms with Crippen LogP contribution in [0.5, 0.6) is 0 Å². The van der Waals surface area contributed by atoms with Gasteiger partial charge in [-0.25, -0.2) is 4.79 Å². The number of Topliss-reactive ketones (excluding diaryl/α,β-unsaturated/α-hetero) is 1. The first-order valence-electron chi connectivity index (χ1n) is 5.73. The Hall–Kier alpha value is -2.30. The molecule has 1 heterocycles. The molecule has 3 N–H and O–H groups in total. The van der Waals surface area contributed by atoms with E-state index in [1.54, 1.807) is 13.1 Å². The molecule has 0 aliphatic heterocycles. The van der Waals surface area contributed by atoms with Crippen molar-refractivity contribution in [1.29, 1.82) is 0 Å². The fraction of sp³-hybridized carbons (Fsp3) is 0.231. The van der Waals surface area contributed by atoms with Gasteiger partial charge < -0.3 is 15.4 Å². The van der Waals surface area contributed by atoms with Gasteiger partial charge in [0.25, 0.3) is 0 Å². The molecule has 0 saturated carbocycles. The summed E-state index contributed by atoms with van der Waals surface area (Å²) in [5.41, 5.74) is 1.39. The molecule has 2 aromatic rings. The zero-order valence-corrected chi connectivity index (χ0v) is 9.93. The molecule has 1 aromatic heterocycles. The topological polar surface area (TPSA) is 82.2 Å². The van der Waals surface area contributed by atoms with Gasteiger partial charge in [0.15, 0.2) is 5.78 Å². The Morgan fingerprint density at radius 3 is 2.78 bits per heavy atom. The number of amides is 1. The molecule has 0 aliphatic rings. The number of H-pyrrole nitrogens is 1. The third kappa shape index (κ3) is 2.20. The standard InChI is InChI=1S/C13H14N2O3/c1-2-10(15-13(17)18)12(16)9-7-14-11-6-4-3-5-8(9)11/h3-7,10,14-15H,2H2,1H3,(H,17,18). The number of benzene rings is 1. The summed E-state index contributed by atoms with van der Waals surface area (Å²) in [6.45, 7) is 1.77. The molecule has 5 nitrogen and oxygen atoms in total. The van der Waals surface area contributed by atoms with Crippen molar-refractivity contribution in [2.75, 3.05) is 0 Å². The second-order valence-corrected chi connectivity index (χ2v) is 4.02. The Balaban J connectivity index is 2.35. The van der Waals surface area contributed by atoms with E-state index in [0.29, 0.717) is 12.0 Å². The van der Waals surface area contributed by atoms with Gasteiger partial charge in [0.05, 0.1) is 6.04 Å². The van der Waals surface area contributed by atoms with Gasteiger partial charge in [0, 0.05) is 22.7 Å². The van der Waals surface area contributed by atoms with Crippen LogP contribution in [0.3, 0.4) is 0 Å². The van der Waals surface area contributed by atoms with Crippen LogP contribution in [-0.2, 0) is 0 Å². The summed E-state index contributed by atoms with van der Waals surface area (Å²) >= 11 is 0. The van der Waals surface area contributed by atoms with E-state index in [9.17, 15) is 9.59 Å². The summed E-state index contributed by atoms with van der Waals surface area (Å²) in [6.07, 6.45) is 0.860. The third-order valence-electron chi connectivity index (χ3n) is 2.88. The molecule has 1 amide bonds. The first-order chi connectivity index (χ1) is 8.63. The average Bonchev–Trinajstić information content (AvgIpc) is 2.78. The number of hydrogen-bond acceptors (Lipinski definition) is 2. The van der Waals surface area contributed by atoms with Gasteiger partial charge in [-0.05, 0) is 12.5 Å². The van der Waals surface area contributed by atoms with Gasteiger partial charge in [-0.3, -0.25) is 4.79 Å². The van der Waals surface area contributed by atoms with Crippen molar-refractivity contribution in [2.24, 2.45) is 0 Å². The molecule has 5 heteroatoms. The molecule has 18 heavy (non-hydrogen) atoms. The molecule has 0 bridgehead atoms. The summed E-state index contributed by atoms with van der Waals surface area (Å²) in [5, 5.41) is 11.8. The molecule has 0 spiro atoms. The fourth-order valence-electron chi connectivity index (χ4n) is 1.97. The Morgan fingerprint density at radius 2 is 2.11 bits per heavy atom. The number of carbonyl (C=O) groups is 2. The average molecular weight is 246 g/mol. The van der Waals surface area contributed by atoms with E-state index in [-0.39, 0.29) is 5.78 Å². The molecule has 0 fully saturated rings. The van der Waals surface area contributed by atoms with E-state index < -0.39 is 12.1 Å². The van der Waals surface area contributed by atoms with Crippen LogP contribution in [0.1, 0.15) is 23.7 Å². The van der Waals surface area contributed by atoms with Crippen LogP contribution in [0.2, 0.25) is 0 Å². The van der Waals surface area contributed by atoms with Crippen molar-refractivity contribution in [3.63, 3.8) is 0 Å². The van der Waals surface area contributed by atoms with E-state index in [4.69, 9.17) is 5.11 Å². The van der Waals surface area contributed by atoms with Crippen LogP contribution >= 0.6 is 0 Å². The number of para-hydroxylation sites is 1. The van der Waals surface area contributed by atoms with E-state index in [1.165, 1.54) is 0 Å². The molecule has 94 valence electrons. The van der Waals surface area contributed by atoms with Crippen molar-refractivity contribution >= 4 is 22.8 Å². The summed E-state index contributed by atoms with van der Waals surface area (Å²) in [6, 6.07) is 6.73. The number of carbonyl (C=O) groups excluding carboxylic acids is 1. The molecule has 1 unspecified atom stereocenters. The van der Waals surface area contributed by atoms with Gasteiger partial charge in [0.2, 0.25) is 0 Å². The molecular formula is C13H14N2O3. The lowest BCUT2D eigenvalue weighted by Gasteiger charge is -2.12. The minimum Gasteiger partial charge on any atom is -0.465 e. The van der Waals surface area contributed by atoms with Crippen molar-refractivity contribution in [1.82, 2.24) is 10.3 Å². The highest BCUT2D eigenvalue weighted by Crippen LogP contribution is 2.19. The van der Waals surface area contributed by atoms with E-state index in [2.05, 4.69) is 10.3 Å². The maximum atomic E-state index is 12.2. The maximum Gasteiger partial charge on any atom is 0.405 e. The van der Waals surface area contributed by atoms with Gasteiger partial charge in [-0.15, -0.1) is 0 Å². The van der Waals surface area contributed by atoms with E-state index >= 15 is 0 Å². The van der Waals surface area contributed by atoms with Crippen LogP contribution in [0.15, 0.2) is 30.5 Å². The third-order valence-corrected chi connectivity index (χ3v) is 2.88. The number of rotatable bonds is 4. The molecule has 2 rings (SSSR count). The molecule has 0 saturated heterocycles. The summed E-state index contributed by atoms with van der Waals surface area (Å²) < 4.78 is 0. The lowest BCUT2D eigenvalue weighted by Crippen LogP contribution is -2.39. The monoisotopic (exact) mass is 246 g/mol. The van der Waals surface area contributed by atoms with Crippen LogP contribution in [0, 0.1) is 0 Å². The SMILES string of the molecule is CCC(NC(=O)O)C(=O)c1c[nH]c2ccccc12. The maximum absolute atomic E-state index is 12.2. The minimum atomic E-state index is -1.19. The molecule has 1 aromatic carbocycles. The van der Waals surface area contributed by atoms with Crippen LogP contribution in [0.25, 0.3) is 10.9 Å². The second-order valence-electron chi connectivity index (χ2n) is 4.02. The lowest BCUT2D eigenvalue weighted by molar-refractivity contribution is 0.0936. The van der Waals surface area contributed by atoms with Crippen LogP contribution < -0.4 is 5.32 Å². The Morgan fingerprint density at radius 1 is 1.39 bits per heavy atom. The quantitative estimate of drug-likeness (QED) is 0.724. The number of ketones is 1. The van der Waals surface area contributed by atoms with Crippen LogP contribution in [-0.4, -0.2) is 28.0 Å². The zero-order chi connectivity index (χ0) is 13.1. The number of aromatic amines is 1. The highest BCUT2D eigenvalue weighted by molar-refractivity contribution is 6.10. The van der Waals surface area contributed by atoms with Crippen molar-refractivity contribution in [3.8, 4) is 0 Å². The highest BCUT2D eigenvalue weighted by atomic mass is 16.4. The van der Waals surface area contributed by atoms with Gasteiger partial charge in [-0.1, -0.05) is 25.1 Å². The molecule has 0 radical (unpaired) electrons. The molecular weight excluding hydrogens is 232 g/mol. The van der Waals surface area contributed by atoms with E-state index in [0.717, 1.165) is 10.9 Å². The molecule has 0 aliphatic carbocycles. The number of fused-ring (bicyclic) bond motifs is 1. The van der Waals surface area contributed by atoms with Crippen molar-refractivity contribution < 1.29 is 14.7 Å². The number of carboxylic acid groups (broad SMARTS) is 1. The van der Waals surface area contributed by atoms with Crippen LogP contribution in [0.4, 0.5) is 4.79 Å². The molecule has 1 atom stereocenters.